The number of nitrogens with zero attached hydrogens (tertiary/aromatic N) is 2. The van der Waals surface area contributed by atoms with Gasteiger partial charge in [0.1, 0.15) is 11.4 Å². The number of pyridine rings is 1. The van der Waals surface area contributed by atoms with Gasteiger partial charge in [0.2, 0.25) is 0 Å². The number of likely N-dealkylation sites (N-methyl/N-ethyl adjacent to an activating group) is 1. The molecule has 1 aromatic carbocycles. The first-order valence-electron chi connectivity index (χ1n) is 10.8. The lowest BCUT2D eigenvalue weighted by molar-refractivity contribution is 0.0293. The third kappa shape index (κ3) is 5.24. The molecule has 3 aromatic rings. The fourth-order valence-corrected chi connectivity index (χ4v) is 4.12. The molecule has 0 N–H and O–H groups in total. The largest absolute Gasteiger partial charge is 0.444 e. The summed E-state index contributed by atoms with van der Waals surface area (Å²) < 4.78 is 27.2. The highest BCUT2D eigenvalue weighted by Gasteiger charge is 2.23. The highest BCUT2D eigenvalue weighted by atomic mass is 79.9. The molecule has 2 aromatic heterocycles. The smallest absolute Gasteiger partial charge is 0.410 e. The molecule has 0 aliphatic heterocycles. The second-order valence-electron chi connectivity index (χ2n) is 9.22. The van der Waals surface area contributed by atoms with Gasteiger partial charge in [-0.15, -0.1) is 0 Å². The minimum Gasteiger partial charge on any atom is -0.444 e. The maximum absolute atomic E-state index is 14.4. The Morgan fingerprint density at radius 2 is 1.85 bits per heavy atom. The van der Waals surface area contributed by atoms with Crippen LogP contribution in [-0.2, 0) is 17.7 Å². The van der Waals surface area contributed by atoms with E-state index in [2.05, 4.69) is 15.9 Å². The maximum atomic E-state index is 14.4. The Labute approximate surface area is 205 Å². The van der Waals surface area contributed by atoms with Gasteiger partial charge in [0, 0.05) is 37.8 Å². The molecule has 0 aliphatic rings. The van der Waals surface area contributed by atoms with E-state index in [0.29, 0.717) is 21.3 Å². The van der Waals surface area contributed by atoms with E-state index in [1.54, 1.807) is 59.9 Å². The summed E-state index contributed by atoms with van der Waals surface area (Å²) in [6.45, 7) is 9.02. The quantitative estimate of drug-likeness (QED) is 0.463. The number of benzene rings is 1. The van der Waals surface area contributed by atoms with Gasteiger partial charge >= 0.3 is 11.7 Å². The molecule has 7 nitrogen and oxygen atoms in total. The number of halogens is 2. The van der Waals surface area contributed by atoms with E-state index >= 15 is 0 Å². The number of hydrogen-bond acceptors (Lipinski definition) is 5. The Morgan fingerprint density at radius 1 is 1.21 bits per heavy atom. The lowest BCUT2D eigenvalue weighted by Crippen LogP contribution is -2.37. The van der Waals surface area contributed by atoms with Crippen LogP contribution >= 0.6 is 15.9 Å². The minimum absolute atomic E-state index is 0.0587. The zero-order chi connectivity index (χ0) is 25.4. The summed E-state index contributed by atoms with van der Waals surface area (Å²) in [6.07, 6.45) is -0.441. The lowest BCUT2D eigenvalue weighted by Gasteiger charge is -2.25. The van der Waals surface area contributed by atoms with E-state index in [1.807, 2.05) is 0 Å². The molecule has 0 atom stereocenters. The van der Waals surface area contributed by atoms with Crippen LogP contribution in [0.4, 0.5) is 9.18 Å². The molecular weight excluding hydrogens is 507 g/mol. The average Bonchev–Trinajstić information content (AvgIpc) is 2.75. The number of hydrogen-bond donors (Lipinski definition) is 0. The Morgan fingerprint density at radius 3 is 2.47 bits per heavy atom. The van der Waals surface area contributed by atoms with Crippen molar-refractivity contribution in [2.24, 2.45) is 0 Å². The minimum atomic E-state index is -0.638. The van der Waals surface area contributed by atoms with Crippen molar-refractivity contribution in [2.45, 2.75) is 53.2 Å². The standard InChI is InChI=1S/C25H28BrFN2O5/c1-14-17(13-16-9-7-8-10-18(16)27)19-21(33-23(14)31)20(26)15(2)29(22(19)30)12-11-28(6)24(32)34-25(3,4)5/h7-10H,11-13H2,1-6H3. The van der Waals surface area contributed by atoms with Gasteiger partial charge < -0.3 is 18.6 Å². The molecule has 2 heterocycles. The molecule has 0 fully saturated rings. The van der Waals surface area contributed by atoms with E-state index < -0.39 is 23.1 Å². The fraction of sp³-hybridized carbons (Fsp3) is 0.400. The first kappa shape index (κ1) is 25.7. The molecule has 34 heavy (non-hydrogen) atoms. The predicted molar refractivity (Wildman–Crippen MR) is 132 cm³/mol. The molecule has 9 heteroatoms. The van der Waals surface area contributed by atoms with Crippen molar-refractivity contribution in [1.29, 1.82) is 0 Å². The predicted octanol–water partition coefficient (Wildman–Crippen LogP) is 4.93. The van der Waals surface area contributed by atoms with Crippen molar-refractivity contribution in [3.8, 4) is 0 Å². The third-order valence-corrected chi connectivity index (χ3v) is 6.49. The van der Waals surface area contributed by atoms with Gasteiger partial charge in [0.05, 0.1) is 9.86 Å². The van der Waals surface area contributed by atoms with Crippen molar-refractivity contribution in [3.05, 3.63) is 77.7 Å². The number of fused-ring (bicyclic) bond motifs is 1. The summed E-state index contributed by atoms with van der Waals surface area (Å²) in [5.74, 6) is -0.422. The van der Waals surface area contributed by atoms with E-state index in [9.17, 15) is 18.8 Å². The second-order valence-corrected chi connectivity index (χ2v) is 10.0. The lowest BCUT2D eigenvalue weighted by atomic mass is 9.98. The van der Waals surface area contributed by atoms with Gasteiger partial charge in [-0.05, 0) is 67.7 Å². The molecule has 0 unspecified atom stereocenters. The normalized spacial score (nSPS) is 11.6. The molecule has 1 amide bonds. The van der Waals surface area contributed by atoms with E-state index in [4.69, 9.17) is 9.15 Å². The Kier molecular flexibility index (Phi) is 7.35. The molecule has 182 valence electrons. The van der Waals surface area contributed by atoms with E-state index in [0.717, 1.165) is 0 Å². The van der Waals surface area contributed by atoms with E-state index in [-0.39, 0.29) is 41.6 Å². The van der Waals surface area contributed by atoms with Gasteiger partial charge in [0.15, 0.2) is 5.58 Å². The van der Waals surface area contributed by atoms with Crippen LogP contribution in [-0.4, -0.2) is 34.8 Å². The molecule has 3 rings (SSSR count). The highest BCUT2D eigenvalue weighted by molar-refractivity contribution is 9.10. The number of carbonyl (C=O) groups excluding carboxylic acids is 1. The van der Waals surface area contributed by atoms with E-state index in [1.165, 1.54) is 15.5 Å². The fourth-order valence-electron chi connectivity index (χ4n) is 3.62. The summed E-state index contributed by atoms with van der Waals surface area (Å²) in [4.78, 5) is 39.9. The van der Waals surface area contributed by atoms with Crippen LogP contribution in [0.5, 0.6) is 0 Å². The van der Waals surface area contributed by atoms with Crippen LogP contribution in [0.15, 0.2) is 42.7 Å². The first-order valence-corrected chi connectivity index (χ1v) is 11.6. The maximum Gasteiger partial charge on any atom is 0.410 e. The monoisotopic (exact) mass is 534 g/mol. The summed E-state index contributed by atoms with van der Waals surface area (Å²) >= 11 is 3.46. The molecule has 0 saturated heterocycles. The van der Waals surface area contributed by atoms with Crippen molar-refractivity contribution >= 4 is 33.0 Å². The second kappa shape index (κ2) is 9.74. The van der Waals surface area contributed by atoms with Crippen LogP contribution < -0.4 is 11.2 Å². The molecule has 0 spiro atoms. The molecule has 0 saturated carbocycles. The Balaban J connectivity index is 2.10. The topological polar surface area (TPSA) is 81.8 Å². The number of aromatic nitrogens is 1. The molecule has 0 radical (unpaired) electrons. The Hall–Kier alpha value is -2.94. The summed E-state index contributed by atoms with van der Waals surface area (Å²) in [6, 6.07) is 6.24. The zero-order valence-electron chi connectivity index (χ0n) is 20.1. The van der Waals surface area contributed by atoms with Crippen molar-refractivity contribution in [1.82, 2.24) is 9.47 Å². The molecule has 0 bridgehead atoms. The zero-order valence-corrected chi connectivity index (χ0v) is 21.7. The highest BCUT2D eigenvalue weighted by Crippen LogP contribution is 2.29. The van der Waals surface area contributed by atoms with Gasteiger partial charge in [-0.2, -0.15) is 0 Å². The molecular formula is C25H28BrFN2O5. The summed E-state index contributed by atoms with van der Waals surface area (Å²) in [7, 11) is 1.59. The van der Waals surface area contributed by atoms with Gasteiger partial charge in [-0.1, -0.05) is 18.2 Å². The number of amides is 1. The van der Waals surface area contributed by atoms with Crippen molar-refractivity contribution < 1.29 is 18.3 Å². The summed E-state index contributed by atoms with van der Waals surface area (Å²) in [5.41, 5.74) is 0.0929. The van der Waals surface area contributed by atoms with Gasteiger partial charge in [-0.3, -0.25) is 4.79 Å². The van der Waals surface area contributed by atoms with Gasteiger partial charge in [0.25, 0.3) is 5.56 Å². The van der Waals surface area contributed by atoms with Crippen LogP contribution in [0.25, 0.3) is 11.0 Å². The summed E-state index contributed by atoms with van der Waals surface area (Å²) in [5, 5.41) is 0.206. The van der Waals surface area contributed by atoms with Gasteiger partial charge in [-0.25, -0.2) is 14.0 Å². The van der Waals surface area contributed by atoms with Crippen LogP contribution in [0.3, 0.4) is 0 Å². The van der Waals surface area contributed by atoms with Crippen LogP contribution in [0, 0.1) is 19.7 Å². The average molecular weight is 535 g/mol. The Bertz CT molecular complexity index is 1370. The third-order valence-electron chi connectivity index (χ3n) is 5.55. The van der Waals surface area contributed by atoms with Crippen LogP contribution in [0.1, 0.15) is 43.2 Å². The molecule has 0 aliphatic carbocycles. The first-order chi connectivity index (χ1) is 15.8. The number of ether oxygens (including phenoxy) is 1. The SMILES string of the molecule is Cc1c(Cc2ccccc2F)c2c(=O)n(CCN(C)C(=O)OC(C)(C)C)c(C)c(Br)c2oc1=O. The van der Waals surface area contributed by atoms with Crippen molar-refractivity contribution in [2.75, 3.05) is 13.6 Å². The van der Waals surface area contributed by atoms with Crippen molar-refractivity contribution in [3.63, 3.8) is 0 Å². The number of carbonyl (C=O) groups is 1. The number of rotatable bonds is 5. The van der Waals surface area contributed by atoms with Crippen LogP contribution in [0.2, 0.25) is 0 Å².